The molecule has 5 heteroatoms. The standard InChI is InChI=1S/C13H13N3O2/c1-8-14-9-4-2-3-5-10(9)16(8)11-6-7-12(17)15-13(11)18/h2-5,11,14H,1,6-7H2,(H,15,17,18). The van der Waals surface area contributed by atoms with Gasteiger partial charge in [-0.2, -0.15) is 0 Å². The summed E-state index contributed by atoms with van der Waals surface area (Å²) in [5.41, 5.74) is 1.86. The Hall–Kier alpha value is -2.30. The number of para-hydroxylation sites is 2. The summed E-state index contributed by atoms with van der Waals surface area (Å²) in [6.07, 6.45) is 0.877. The van der Waals surface area contributed by atoms with Gasteiger partial charge in [0.05, 0.1) is 11.4 Å². The molecular weight excluding hydrogens is 230 g/mol. The molecule has 1 fully saturated rings. The summed E-state index contributed by atoms with van der Waals surface area (Å²) >= 11 is 0. The van der Waals surface area contributed by atoms with Crippen molar-refractivity contribution in [2.45, 2.75) is 18.9 Å². The maximum Gasteiger partial charge on any atom is 0.249 e. The van der Waals surface area contributed by atoms with Crippen molar-refractivity contribution >= 4 is 23.2 Å². The molecule has 0 spiro atoms. The Balaban J connectivity index is 1.95. The number of anilines is 2. The van der Waals surface area contributed by atoms with Crippen LogP contribution in [0.3, 0.4) is 0 Å². The fourth-order valence-corrected chi connectivity index (χ4v) is 2.43. The van der Waals surface area contributed by atoms with E-state index in [0.29, 0.717) is 18.7 Å². The average molecular weight is 243 g/mol. The second-order valence-electron chi connectivity index (χ2n) is 4.43. The van der Waals surface area contributed by atoms with Crippen LogP contribution in [0.25, 0.3) is 0 Å². The van der Waals surface area contributed by atoms with E-state index < -0.39 is 0 Å². The molecule has 0 radical (unpaired) electrons. The van der Waals surface area contributed by atoms with E-state index in [1.54, 1.807) is 0 Å². The number of imide groups is 1. The first-order chi connectivity index (χ1) is 8.66. The van der Waals surface area contributed by atoms with Gasteiger partial charge in [0.2, 0.25) is 11.8 Å². The van der Waals surface area contributed by atoms with Crippen LogP contribution in [0.15, 0.2) is 36.7 Å². The number of nitrogens with zero attached hydrogens (tertiary/aromatic N) is 1. The maximum absolute atomic E-state index is 11.9. The molecule has 1 saturated heterocycles. The van der Waals surface area contributed by atoms with Crippen molar-refractivity contribution in [1.82, 2.24) is 5.32 Å². The molecule has 3 rings (SSSR count). The van der Waals surface area contributed by atoms with E-state index in [9.17, 15) is 9.59 Å². The number of benzene rings is 1. The lowest BCUT2D eigenvalue weighted by molar-refractivity contribution is -0.134. The summed E-state index contributed by atoms with van der Waals surface area (Å²) in [4.78, 5) is 24.9. The normalized spacial score (nSPS) is 22.6. The number of hydrogen-bond donors (Lipinski definition) is 2. The van der Waals surface area contributed by atoms with Gasteiger partial charge in [-0.05, 0) is 18.6 Å². The van der Waals surface area contributed by atoms with Crippen molar-refractivity contribution in [1.29, 1.82) is 0 Å². The molecule has 0 bridgehead atoms. The van der Waals surface area contributed by atoms with E-state index in [2.05, 4.69) is 17.2 Å². The Morgan fingerprint density at radius 3 is 2.78 bits per heavy atom. The van der Waals surface area contributed by atoms with Gasteiger partial charge in [-0.1, -0.05) is 18.7 Å². The van der Waals surface area contributed by atoms with Crippen molar-refractivity contribution in [3.63, 3.8) is 0 Å². The molecule has 1 aromatic carbocycles. The molecule has 5 nitrogen and oxygen atoms in total. The molecule has 2 N–H and O–H groups in total. The predicted molar refractivity (Wildman–Crippen MR) is 67.9 cm³/mol. The van der Waals surface area contributed by atoms with Gasteiger partial charge in [-0.25, -0.2) is 0 Å². The highest BCUT2D eigenvalue weighted by molar-refractivity contribution is 6.03. The largest absolute Gasteiger partial charge is 0.340 e. The van der Waals surface area contributed by atoms with Crippen molar-refractivity contribution in [3.05, 3.63) is 36.7 Å². The Morgan fingerprint density at radius 1 is 1.22 bits per heavy atom. The first-order valence-electron chi connectivity index (χ1n) is 5.85. The summed E-state index contributed by atoms with van der Waals surface area (Å²) in [7, 11) is 0. The summed E-state index contributed by atoms with van der Waals surface area (Å²) in [6, 6.07) is 7.34. The number of fused-ring (bicyclic) bond motifs is 1. The molecule has 1 unspecified atom stereocenters. The third-order valence-electron chi connectivity index (χ3n) is 3.26. The fraction of sp³-hybridized carbons (Fsp3) is 0.231. The Bertz CT molecular complexity index is 553. The maximum atomic E-state index is 11.9. The van der Waals surface area contributed by atoms with Crippen LogP contribution in [0.1, 0.15) is 12.8 Å². The Labute approximate surface area is 104 Å². The highest BCUT2D eigenvalue weighted by Crippen LogP contribution is 2.38. The minimum atomic E-state index is -0.369. The number of piperidine rings is 1. The van der Waals surface area contributed by atoms with E-state index in [0.717, 1.165) is 11.4 Å². The lowest BCUT2D eigenvalue weighted by atomic mass is 10.0. The minimum Gasteiger partial charge on any atom is -0.340 e. The number of carbonyl (C=O) groups is 2. The van der Waals surface area contributed by atoms with Gasteiger partial charge < -0.3 is 10.2 Å². The number of amides is 2. The number of hydrogen-bond acceptors (Lipinski definition) is 4. The molecule has 0 aromatic heterocycles. The van der Waals surface area contributed by atoms with Crippen LogP contribution >= 0.6 is 0 Å². The Morgan fingerprint density at radius 2 is 2.00 bits per heavy atom. The molecule has 2 heterocycles. The van der Waals surface area contributed by atoms with Crippen molar-refractivity contribution in [3.8, 4) is 0 Å². The van der Waals surface area contributed by atoms with E-state index in [1.165, 1.54) is 0 Å². The summed E-state index contributed by atoms with van der Waals surface area (Å²) in [6.45, 7) is 3.93. The molecule has 1 atom stereocenters. The number of nitrogens with one attached hydrogen (secondary N) is 2. The van der Waals surface area contributed by atoms with Crippen molar-refractivity contribution in [2.24, 2.45) is 0 Å². The number of carbonyl (C=O) groups excluding carboxylic acids is 2. The van der Waals surface area contributed by atoms with Gasteiger partial charge in [0.25, 0.3) is 0 Å². The number of rotatable bonds is 1. The quantitative estimate of drug-likeness (QED) is 0.727. The first-order valence-corrected chi connectivity index (χ1v) is 5.85. The van der Waals surface area contributed by atoms with Gasteiger partial charge >= 0.3 is 0 Å². The van der Waals surface area contributed by atoms with Crippen LogP contribution in [0.2, 0.25) is 0 Å². The molecule has 0 aliphatic carbocycles. The summed E-state index contributed by atoms with van der Waals surface area (Å²) in [5.74, 6) is 0.207. The van der Waals surface area contributed by atoms with E-state index in [4.69, 9.17) is 0 Å². The average Bonchev–Trinajstić information content (AvgIpc) is 2.66. The van der Waals surface area contributed by atoms with Crippen molar-refractivity contribution in [2.75, 3.05) is 10.2 Å². The lowest BCUT2D eigenvalue weighted by Gasteiger charge is -2.31. The zero-order valence-corrected chi connectivity index (χ0v) is 9.77. The zero-order chi connectivity index (χ0) is 12.7. The first kappa shape index (κ1) is 10.8. The monoisotopic (exact) mass is 243 g/mol. The third kappa shape index (κ3) is 1.55. The predicted octanol–water partition coefficient (Wildman–Crippen LogP) is 1.19. The summed E-state index contributed by atoms with van der Waals surface area (Å²) < 4.78 is 0. The molecule has 18 heavy (non-hydrogen) atoms. The second kappa shape index (κ2) is 3.87. The van der Waals surface area contributed by atoms with Gasteiger partial charge in [0.1, 0.15) is 11.9 Å². The highest BCUT2D eigenvalue weighted by Gasteiger charge is 2.36. The minimum absolute atomic E-state index is 0.206. The lowest BCUT2D eigenvalue weighted by Crippen LogP contribution is -2.51. The van der Waals surface area contributed by atoms with Crippen LogP contribution in [0.5, 0.6) is 0 Å². The SMILES string of the molecule is C=C1Nc2ccccc2N1C1CCC(=O)NC1=O. The Kier molecular flexibility index (Phi) is 2.33. The van der Waals surface area contributed by atoms with Gasteiger partial charge in [0, 0.05) is 6.42 Å². The van der Waals surface area contributed by atoms with Crippen LogP contribution in [0, 0.1) is 0 Å². The van der Waals surface area contributed by atoms with E-state index in [1.807, 2.05) is 29.2 Å². The van der Waals surface area contributed by atoms with Gasteiger partial charge in [0.15, 0.2) is 0 Å². The molecule has 1 aromatic rings. The molecule has 0 saturated carbocycles. The summed E-state index contributed by atoms with van der Waals surface area (Å²) in [5, 5.41) is 5.51. The molecule has 2 aliphatic heterocycles. The van der Waals surface area contributed by atoms with E-state index in [-0.39, 0.29) is 17.9 Å². The molecule has 2 aliphatic rings. The smallest absolute Gasteiger partial charge is 0.249 e. The van der Waals surface area contributed by atoms with Crippen molar-refractivity contribution < 1.29 is 9.59 Å². The second-order valence-corrected chi connectivity index (χ2v) is 4.43. The topological polar surface area (TPSA) is 61.4 Å². The molecular formula is C13H13N3O2. The van der Waals surface area contributed by atoms with Gasteiger partial charge in [-0.3, -0.25) is 14.9 Å². The highest BCUT2D eigenvalue weighted by atomic mass is 16.2. The molecule has 92 valence electrons. The van der Waals surface area contributed by atoms with E-state index >= 15 is 0 Å². The fourth-order valence-electron chi connectivity index (χ4n) is 2.43. The van der Waals surface area contributed by atoms with Crippen LogP contribution in [0.4, 0.5) is 11.4 Å². The third-order valence-corrected chi connectivity index (χ3v) is 3.26. The van der Waals surface area contributed by atoms with Crippen LogP contribution in [-0.4, -0.2) is 17.9 Å². The van der Waals surface area contributed by atoms with Gasteiger partial charge in [-0.15, -0.1) is 0 Å². The van der Waals surface area contributed by atoms with Crippen LogP contribution < -0.4 is 15.5 Å². The zero-order valence-electron chi connectivity index (χ0n) is 9.77. The van der Waals surface area contributed by atoms with Crippen LogP contribution in [-0.2, 0) is 9.59 Å². The molecule has 2 amide bonds.